The summed E-state index contributed by atoms with van der Waals surface area (Å²) in [6, 6.07) is 0. The van der Waals surface area contributed by atoms with Crippen molar-refractivity contribution in [1.82, 2.24) is 0 Å². The van der Waals surface area contributed by atoms with Crippen LogP contribution in [0.2, 0.25) is 0 Å². The SMILES string of the molecule is C=C/C(C)=C(/C)S.CC.CC. The van der Waals surface area contributed by atoms with Crippen LogP contribution in [0.25, 0.3) is 0 Å². The fourth-order valence-corrected chi connectivity index (χ4v) is 0.239. The van der Waals surface area contributed by atoms with Crippen molar-refractivity contribution in [1.29, 1.82) is 0 Å². The van der Waals surface area contributed by atoms with E-state index in [1.165, 1.54) is 0 Å². The van der Waals surface area contributed by atoms with Gasteiger partial charge in [0.25, 0.3) is 0 Å². The molecule has 0 aliphatic heterocycles. The molecule has 0 saturated carbocycles. The minimum absolute atomic E-state index is 1.04. The van der Waals surface area contributed by atoms with Gasteiger partial charge >= 0.3 is 0 Å². The van der Waals surface area contributed by atoms with Gasteiger partial charge in [-0.25, -0.2) is 0 Å². The molecule has 0 nitrogen and oxygen atoms in total. The minimum atomic E-state index is 1.04. The van der Waals surface area contributed by atoms with Gasteiger partial charge in [-0.1, -0.05) is 40.3 Å². The average molecular weight is 174 g/mol. The predicted molar refractivity (Wildman–Crippen MR) is 60.3 cm³/mol. The summed E-state index contributed by atoms with van der Waals surface area (Å²) in [6.45, 7) is 15.5. The molecule has 0 atom stereocenters. The van der Waals surface area contributed by atoms with E-state index in [0.717, 1.165) is 10.5 Å². The van der Waals surface area contributed by atoms with E-state index in [9.17, 15) is 0 Å². The van der Waals surface area contributed by atoms with E-state index in [1.54, 1.807) is 6.08 Å². The number of allylic oxidation sites excluding steroid dienone is 3. The lowest BCUT2D eigenvalue weighted by Gasteiger charge is -1.89. The third kappa shape index (κ3) is 17.7. The standard InChI is InChI=1S/C6H10S.2C2H6/c1-4-5(2)6(3)7;2*1-2/h4,7H,1H2,2-3H3;2*1-2H3/b6-5-;;. The predicted octanol–water partition coefficient (Wildman–Crippen LogP) is 4.45. The lowest BCUT2D eigenvalue weighted by molar-refractivity contribution is 1.46. The van der Waals surface area contributed by atoms with Crippen LogP contribution in [0.5, 0.6) is 0 Å². The maximum absolute atomic E-state index is 4.08. The molecule has 0 spiro atoms. The van der Waals surface area contributed by atoms with Gasteiger partial charge in [-0.15, -0.1) is 12.6 Å². The molecule has 0 bridgehead atoms. The van der Waals surface area contributed by atoms with Crippen molar-refractivity contribution in [3.05, 3.63) is 23.1 Å². The summed E-state index contributed by atoms with van der Waals surface area (Å²) >= 11 is 4.08. The highest BCUT2D eigenvalue weighted by Crippen LogP contribution is 2.05. The van der Waals surface area contributed by atoms with Crippen molar-refractivity contribution in [2.75, 3.05) is 0 Å². The molecular formula is C10H22S. The van der Waals surface area contributed by atoms with E-state index < -0.39 is 0 Å². The maximum atomic E-state index is 4.08. The summed E-state index contributed by atoms with van der Waals surface area (Å²) in [7, 11) is 0. The van der Waals surface area contributed by atoms with Crippen LogP contribution in [0.15, 0.2) is 23.1 Å². The number of rotatable bonds is 1. The summed E-state index contributed by atoms with van der Waals surface area (Å²) in [6.07, 6.45) is 1.79. The molecule has 0 radical (unpaired) electrons. The highest BCUT2D eigenvalue weighted by molar-refractivity contribution is 7.84. The Balaban J connectivity index is -0.000000138. The van der Waals surface area contributed by atoms with E-state index >= 15 is 0 Å². The van der Waals surface area contributed by atoms with Gasteiger partial charge < -0.3 is 0 Å². The molecule has 1 heteroatoms. The van der Waals surface area contributed by atoms with Gasteiger partial charge in [-0.2, -0.15) is 0 Å². The van der Waals surface area contributed by atoms with Gasteiger partial charge in [0.1, 0.15) is 0 Å². The molecular weight excluding hydrogens is 152 g/mol. The molecule has 0 aromatic rings. The fraction of sp³-hybridized carbons (Fsp3) is 0.600. The second-order valence-electron chi connectivity index (χ2n) is 1.47. The molecule has 0 aromatic heterocycles. The zero-order chi connectivity index (χ0) is 9.86. The summed E-state index contributed by atoms with van der Waals surface area (Å²) < 4.78 is 0. The van der Waals surface area contributed by atoms with Crippen LogP contribution < -0.4 is 0 Å². The number of thiol groups is 1. The molecule has 0 N–H and O–H groups in total. The molecule has 0 amide bonds. The van der Waals surface area contributed by atoms with Gasteiger partial charge in [0.2, 0.25) is 0 Å². The van der Waals surface area contributed by atoms with E-state index in [2.05, 4.69) is 19.2 Å². The summed E-state index contributed by atoms with van der Waals surface area (Å²) in [5, 5.41) is 0. The van der Waals surface area contributed by atoms with Gasteiger partial charge in [-0.05, 0) is 24.3 Å². The highest BCUT2D eigenvalue weighted by atomic mass is 32.1. The zero-order valence-corrected chi connectivity index (χ0v) is 9.63. The second kappa shape index (κ2) is 16.4. The van der Waals surface area contributed by atoms with Gasteiger partial charge in [0.05, 0.1) is 0 Å². The smallest absolute Gasteiger partial charge is 0.0186 e. The fourth-order valence-electron chi connectivity index (χ4n) is 0.148. The minimum Gasteiger partial charge on any atom is -0.148 e. The molecule has 0 saturated heterocycles. The summed E-state index contributed by atoms with van der Waals surface area (Å²) in [4.78, 5) is 1.04. The topological polar surface area (TPSA) is 0 Å². The lowest BCUT2D eigenvalue weighted by Crippen LogP contribution is -1.66. The van der Waals surface area contributed by atoms with Crippen LogP contribution in [0.1, 0.15) is 41.5 Å². The molecule has 0 heterocycles. The van der Waals surface area contributed by atoms with E-state index in [0.29, 0.717) is 0 Å². The first-order chi connectivity index (χ1) is 5.18. The lowest BCUT2D eigenvalue weighted by atomic mass is 10.3. The first kappa shape index (κ1) is 17.1. The average Bonchev–Trinajstić information content (AvgIpc) is 2.10. The Hall–Kier alpha value is -0.170. The second-order valence-corrected chi connectivity index (χ2v) is 2.14. The van der Waals surface area contributed by atoms with Crippen LogP contribution in [-0.2, 0) is 0 Å². The molecule has 0 aliphatic carbocycles. The Kier molecular flexibility index (Phi) is 25.5. The van der Waals surface area contributed by atoms with Gasteiger partial charge in [-0.3, -0.25) is 0 Å². The molecule has 0 fully saturated rings. The molecule has 0 rings (SSSR count). The Bertz CT molecular complexity index is 97.4. The van der Waals surface area contributed by atoms with Crippen LogP contribution in [0.3, 0.4) is 0 Å². The molecule has 0 aliphatic rings. The largest absolute Gasteiger partial charge is 0.148 e. The molecule has 11 heavy (non-hydrogen) atoms. The Morgan fingerprint density at radius 3 is 1.36 bits per heavy atom. The van der Waals surface area contributed by atoms with Crippen molar-refractivity contribution < 1.29 is 0 Å². The van der Waals surface area contributed by atoms with Crippen molar-refractivity contribution >= 4 is 12.6 Å². The molecule has 0 aromatic carbocycles. The Morgan fingerprint density at radius 1 is 1.09 bits per heavy atom. The first-order valence-corrected chi connectivity index (χ1v) is 4.62. The van der Waals surface area contributed by atoms with Crippen LogP contribution in [0.4, 0.5) is 0 Å². The van der Waals surface area contributed by atoms with Crippen molar-refractivity contribution in [2.45, 2.75) is 41.5 Å². The normalized spacial score (nSPS) is 9.36. The zero-order valence-electron chi connectivity index (χ0n) is 8.73. The van der Waals surface area contributed by atoms with Crippen LogP contribution >= 0.6 is 12.6 Å². The first-order valence-electron chi connectivity index (χ1n) is 4.17. The van der Waals surface area contributed by atoms with Crippen LogP contribution in [0, 0.1) is 0 Å². The Labute approximate surface area is 77.8 Å². The summed E-state index contributed by atoms with van der Waals surface area (Å²) in [5.74, 6) is 0. The quantitative estimate of drug-likeness (QED) is 0.441. The van der Waals surface area contributed by atoms with Crippen molar-refractivity contribution in [2.24, 2.45) is 0 Å². The maximum Gasteiger partial charge on any atom is -0.0186 e. The monoisotopic (exact) mass is 174 g/mol. The van der Waals surface area contributed by atoms with Gasteiger partial charge in [0.15, 0.2) is 0 Å². The third-order valence-electron chi connectivity index (χ3n) is 0.877. The molecule has 68 valence electrons. The summed E-state index contributed by atoms with van der Waals surface area (Å²) in [5.41, 5.74) is 1.14. The van der Waals surface area contributed by atoms with Crippen molar-refractivity contribution in [3.63, 3.8) is 0 Å². The van der Waals surface area contributed by atoms with Gasteiger partial charge in [0, 0.05) is 0 Å². The molecule has 0 unspecified atom stereocenters. The van der Waals surface area contributed by atoms with E-state index in [1.807, 2.05) is 41.5 Å². The van der Waals surface area contributed by atoms with E-state index in [-0.39, 0.29) is 0 Å². The number of hydrogen-bond donors (Lipinski definition) is 1. The van der Waals surface area contributed by atoms with Crippen molar-refractivity contribution in [3.8, 4) is 0 Å². The third-order valence-corrected chi connectivity index (χ3v) is 1.23. The van der Waals surface area contributed by atoms with Crippen LogP contribution in [-0.4, -0.2) is 0 Å². The Morgan fingerprint density at radius 2 is 1.36 bits per heavy atom. The highest BCUT2D eigenvalue weighted by Gasteiger charge is 1.80. The number of hydrogen-bond acceptors (Lipinski definition) is 1. The van der Waals surface area contributed by atoms with E-state index in [4.69, 9.17) is 0 Å².